The Hall–Kier alpha value is -1.18. The van der Waals surface area contributed by atoms with E-state index in [2.05, 4.69) is 16.6 Å². The van der Waals surface area contributed by atoms with E-state index in [0.29, 0.717) is 12.8 Å². The zero-order valence-corrected chi connectivity index (χ0v) is 7.60. The monoisotopic (exact) mass is 201 g/mol. The lowest BCUT2D eigenvalue weighted by Crippen LogP contribution is -2.18. The van der Waals surface area contributed by atoms with Gasteiger partial charge in [-0.15, -0.1) is 6.58 Å². The summed E-state index contributed by atoms with van der Waals surface area (Å²) < 4.78 is 4.18. The maximum Gasteiger partial charge on any atom is 0.634 e. The van der Waals surface area contributed by atoms with Crippen LogP contribution in [0.25, 0.3) is 0 Å². The molecular weight excluding hydrogens is 189 g/mol. The molecule has 1 aliphatic rings. The first kappa shape index (κ1) is 12.8. The van der Waals surface area contributed by atoms with Crippen molar-refractivity contribution in [2.45, 2.75) is 12.8 Å². The third-order valence-corrected chi connectivity index (χ3v) is 1.22. The maximum absolute atomic E-state index is 10.1. The highest BCUT2D eigenvalue weighted by Crippen LogP contribution is 1.95. The van der Waals surface area contributed by atoms with Gasteiger partial charge in [0.1, 0.15) is 0 Å². The summed E-state index contributed by atoms with van der Waals surface area (Å²) in [6.45, 7) is 3.45. The minimum atomic E-state index is -1.67. The minimum absolute atomic E-state index is 0.148. The number of hydrogen-bond acceptors (Lipinski definition) is 5. The molecule has 2 amide bonds. The van der Waals surface area contributed by atoms with E-state index in [1.807, 2.05) is 0 Å². The molecule has 0 unspecified atom stereocenters. The standard InChI is InChI=1S/C4H5NO2.C3H7BO3/c6-3-1-2-4(7)5-3;1-2-3-7-4(5)6/h1-2H2,(H,5,6,7);2,5-6H,1,3H2. The van der Waals surface area contributed by atoms with Gasteiger partial charge >= 0.3 is 7.32 Å². The van der Waals surface area contributed by atoms with Gasteiger partial charge in [0.2, 0.25) is 11.8 Å². The first-order chi connectivity index (χ1) is 6.56. The van der Waals surface area contributed by atoms with Crippen LogP contribution in [0.3, 0.4) is 0 Å². The van der Waals surface area contributed by atoms with Crippen molar-refractivity contribution in [2.75, 3.05) is 6.61 Å². The third-order valence-electron chi connectivity index (χ3n) is 1.22. The SMILES string of the molecule is C=CCOB(O)O.O=C1CCC(=O)N1. The summed E-state index contributed by atoms with van der Waals surface area (Å²) in [5.41, 5.74) is 0. The Morgan fingerprint density at radius 1 is 1.43 bits per heavy atom. The second kappa shape index (κ2) is 7.25. The van der Waals surface area contributed by atoms with Crippen LogP contribution in [0.5, 0.6) is 0 Å². The van der Waals surface area contributed by atoms with E-state index in [0.717, 1.165) is 0 Å². The molecule has 1 heterocycles. The highest BCUT2D eigenvalue weighted by molar-refractivity contribution is 6.32. The zero-order valence-electron chi connectivity index (χ0n) is 7.60. The Kier molecular flexibility index (Phi) is 6.64. The van der Waals surface area contributed by atoms with E-state index < -0.39 is 7.32 Å². The molecule has 3 N–H and O–H groups in total. The van der Waals surface area contributed by atoms with Crippen molar-refractivity contribution in [2.24, 2.45) is 0 Å². The molecule has 0 radical (unpaired) electrons. The van der Waals surface area contributed by atoms with Crippen LogP contribution in [0.2, 0.25) is 0 Å². The number of nitrogens with one attached hydrogen (secondary N) is 1. The first-order valence-corrected chi connectivity index (χ1v) is 3.97. The van der Waals surface area contributed by atoms with Crippen LogP contribution in [0, 0.1) is 0 Å². The van der Waals surface area contributed by atoms with E-state index in [4.69, 9.17) is 10.0 Å². The van der Waals surface area contributed by atoms with E-state index in [9.17, 15) is 9.59 Å². The van der Waals surface area contributed by atoms with Crippen LogP contribution >= 0.6 is 0 Å². The third kappa shape index (κ3) is 7.47. The van der Waals surface area contributed by atoms with Crippen LogP contribution in [-0.2, 0) is 14.2 Å². The Morgan fingerprint density at radius 3 is 2.07 bits per heavy atom. The molecular formula is C7H12BNO5. The largest absolute Gasteiger partial charge is 0.634 e. The van der Waals surface area contributed by atoms with Crippen molar-refractivity contribution in [3.8, 4) is 0 Å². The van der Waals surface area contributed by atoms with Crippen molar-refractivity contribution >= 4 is 19.1 Å². The van der Waals surface area contributed by atoms with Crippen LogP contribution < -0.4 is 5.32 Å². The quantitative estimate of drug-likeness (QED) is 0.296. The van der Waals surface area contributed by atoms with Crippen LogP contribution in [0.15, 0.2) is 12.7 Å². The lowest BCUT2D eigenvalue weighted by atomic mass is 10.3. The predicted octanol–water partition coefficient (Wildman–Crippen LogP) is -1.42. The summed E-state index contributed by atoms with van der Waals surface area (Å²) in [7, 11) is -1.67. The van der Waals surface area contributed by atoms with Gasteiger partial charge in [0, 0.05) is 12.8 Å². The number of rotatable bonds is 3. The topological polar surface area (TPSA) is 95.9 Å². The van der Waals surface area contributed by atoms with Crippen molar-refractivity contribution < 1.29 is 24.3 Å². The number of imide groups is 1. The van der Waals surface area contributed by atoms with Gasteiger partial charge in [-0.05, 0) is 0 Å². The molecule has 1 rings (SSSR count). The molecule has 1 fully saturated rings. The molecule has 0 aromatic carbocycles. The van der Waals surface area contributed by atoms with E-state index in [1.54, 1.807) is 0 Å². The number of hydrogen-bond donors (Lipinski definition) is 3. The Morgan fingerprint density at radius 2 is 1.93 bits per heavy atom. The molecule has 1 aliphatic heterocycles. The highest BCUT2D eigenvalue weighted by Gasteiger charge is 2.15. The minimum Gasteiger partial charge on any atom is -0.402 e. The van der Waals surface area contributed by atoms with E-state index in [1.165, 1.54) is 6.08 Å². The van der Waals surface area contributed by atoms with Gasteiger partial charge in [0.05, 0.1) is 6.61 Å². The Balaban J connectivity index is 0.000000241. The van der Waals surface area contributed by atoms with Crippen molar-refractivity contribution in [1.29, 1.82) is 0 Å². The van der Waals surface area contributed by atoms with Crippen molar-refractivity contribution in [1.82, 2.24) is 5.32 Å². The molecule has 0 spiro atoms. The van der Waals surface area contributed by atoms with Crippen molar-refractivity contribution in [3.63, 3.8) is 0 Å². The molecule has 78 valence electrons. The predicted molar refractivity (Wildman–Crippen MR) is 48.7 cm³/mol. The fourth-order valence-electron chi connectivity index (χ4n) is 0.662. The van der Waals surface area contributed by atoms with E-state index >= 15 is 0 Å². The maximum atomic E-state index is 10.1. The number of carbonyl (C=O) groups is 2. The smallest absolute Gasteiger partial charge is 0.402 e. The van der Waals surface area contributed by atoms with Crippen LogP contribution in [0.4, 0.5) is 0 Å². The van der Waals surface area contributed by atoms with Gasteiger partial charge < -0.3 is 14.7 Å². The second-order valence-corrected chi connectivity index (χ2v) is 2.42. The molecule has 0 atom stereocenters. The van der Waals surface area contributed by atoms with Gasteiger partial charge in [-0.25, -0.2) is 0 Å². The molecule has 0 aromatic heterocycles. The lowest BCUT2D eigenvalue weighted by molar-refractivity contribution is -0.124. The average Bonchev–Trinajstić information content (AvgIpc) is 2.47. The Bertz CT molecular complexity index is 204. The van der Waals surface area contributed by atoms with Gasteiger partial charge in [0.25, 0.3) is 0 Å². The summed E-state index contributed by atoms with van der Waals surface area (Å²) in [6.07, 6.45) is 2.18. The molecule has 1 saturated heterocycles. The number of carbonyl (C=O) groups excluding carboxylic acids is 2. The first-order valence-electron chi connectivity index (χ1n) is 3.97. The molecule has 6 nitrogen and oxygen atoms in total. The molecule has 0 saturated carbocycles. The summed E-state index contributed by atoms with van der Waals surface area (Å²) in [5, 5.41) is 18.1. The normalized spacial score (nSPS) is 14.1. The average molecular weight is 201 g/mol. The van der Waals surface area contributed by atoms with Gasteiger partial charge in [-0.3, -0.25) is 14.9 Å². The molecule has 7 heteroatoms. The summed E-state index contributed by atoms with van der Waals surface area (Å²) in [5.74, 6) is -0.296. The van der Waals surface area contributed by atoms with Crippen molar-refractivity contribution in [3.05, 3.63) is 12.7 Å². The van der Waals surface area contributed by atoms with Gasteiger partial charge in [-0.2, -0.15) is 0 Å². The van der Waals surface area contributed by atoms with Crippen LogP contribution in [-0.4, -0.2) is 35.8 Å². The summed E-state index contributed by atoms with van der Waals surface area (Å²) >= 11 is 0. The molecule has 14 heavy (non-hydrogen) atoms. The van der Waals surface area contributed by atoms with Crippen LogP contribution in [0.1, 0.15) is 12.8 Å². The molecule has 0 aliphatic carbocycles. The van der Waals surface area contributed by atoms with E-state index in [-0.39, 0.29) is 18.4 Å². The highest BCUT2D eigenvalue weighted by atomic mass is 16.6. The Labute approximate surface area is 81.7 Å². The number of amides is 2. The second-order valence-electron chi connectivity index (χ2n) is 2.42. The summed E-state index contributed by atoms with van der Waals surface area (Å²) in [4.78, 5) is 20.2. The van der Waals surface area contributed by atoms with Gasteiger partial charge in [0.15, 0.2) is 0 Å². The summed E-state index contributed by atoms with van der Waals surface area (Å²) in [6, 6.07) is 0. The molecule has 0 aromatic rings. The molecule has 0 bridgehead atoms. The van der Waals surface area contributed by atoms with Gasteiger partial charge in [-0.1, -0.05) is 6.08 Å². The fourth-order valence-corrected chi connectivity index (χ4v) is 0.662. The fraction of sp³-hybridized carbons (Fsp3) is 0.429. The zero-order chi connectivity index (χ0) is 11.0. The lowest BCUT2D eigenvalue weighted by Gasteiger charge is -1.93.